The van der Waals surface area contributed by atoms with E-state index in [0.29, 0.717) is 28.5 Å². The number of ether oxygens (including phenoxy) is 1. The average molecular weight is 492 g/mol. The number of esters is 1. The SMILES string of the molecule is COC(=O)CCCCNCc1ccc(F)c(F)c1Nc1ccc(I)cc1F. The number of benzene rings is 2. The van der Waals surface area contributed by atoms with Gasteiger partial charge < -0.3 is 15.4 Å². The molecule has 146 valence electrons. The van der Waals surface area contributed by atoms with Crippen molar-refractivity contribution >= 4 is 39.9 Å². The first-order valence-corrected chi connectivity index (χ1v) is 9.46. The van der Waals surface area contributed by atoms with E-state index in [0.717, 1.165) is 12.5 Å². The molecule has 0 amide bonds. The lowest BCUT2D eigenvalue weighted by Gasteiger charge is -2.15. The lowest BCUT2D eigenvalue weighted by atomic mass is 10.1. The lowest BCUT2D eigenvalue weighted by Crippen LogP contribution is -2.17. The van der Waals surface area contributed by atoms with Crippen LogP contribution in [0.5, 0.6) is 0 Å². The summed E-state index contributed by atoms with van der Waals surface area (Å²) < 4.78 is 47.2. The van der Waals surface area contributed by atoms with E-state index in [1.807, 2.05) is 22.6 Å². The zero-order valence-electron chi connectivity index (χ0n) is 14.8. The Labute approximate surface area is 169 Å². The van der Waals surface area contributed by atoms with E-state index >= 15 is 0 Å². The third-order valence-corrected chi connectivity index (χ3v) is 4.57. The molecular formula is C19H20F3IN2O2. The third kappa shape index (κ3) is 6.39. The first-order chi connectivity index (χ1) is 12.9. The molecule has 0 bridgehead atoms. The number of nitrogens with one attached hydrogen (secondary N) is 2. The van der Waals surface area contributed by atoms with Crippen LogP contribution in [0.1, 0.15) is 24.8 Å². The Balaban J connectivity index is 2.02. The number of anilines is 2. The number of carbonyl (C=O) groups excluding carboxylic acids is 1. The maximum Gasteiger partial charge on any atom is 0.305 e. The van der Waals surface area contributed by atoms with Crippen LogP contribution in [0.15, 0.2) is 30.3 Å². The van der Waals surface area contributed by atoms with E-state index in [1.165, 1.54) is 25.3 Å². The monoisotopic (exact) mass is 492 g/mol. The van der Waals surface area contributed by atoms with Crippen LogP contribution in [0, 0.1) is 21.0 Å². The number of methoxy groups -OCH3 is 1. The summed E-state index contributed by atoms with van der Waals surface area (Å²) in [6.07, 6.45) is 1.73. The molecule has 0 aliphatic carbocycles. The summed E-state index contributed by atoms with van der Waals surface area (Å²) in [7, 11) is 1.34. The molecule has 0 aromatic heterocycles. The number of rotatable bonds is 9. The maximum absolute atomic E-state index is 14.3. The predicted molar refractivity (Wildman–Crippen MR) is 106 cm³/mol. The summed E-state index contributed by atoms with van der Waals surface area (Å²) in [5.41, 5.74) is 0.441. The molecule has 0 atom stereocenters. The van der Waals surface area contributed by atoms with Crippen molar-refractivity contribution in [1.82, 2.24) is 5.32 Å². The molecule has 0 spiro atoms. The van der Waals surface area contributed by atoms with E-state index < -0.39 is 17.5 Å². The van der Waals surface area contributed by atoms with Crippen LogP contribution in [-0.2, 0) is 16.1 Å². The van der Waals surface area contributed by atoms with Crippen LogP contribution in [0.4, 0.5) is 24.5 Å². The van der Waals surface area contributed by atoms with Crippen LogP contribution < -0.4 is 10.6 Å². The van der Waals surface area contributed by atoms with Gasteiger partial charge in [-0.25, -0.2) is 13.2 Å². The molecule has 2 N–H and O–H groups in total. The van der Waals surface area contributed by atoms with Crippen molar-refractivity contribution in [2.75, 3.05) is 19.0 Å². The Kier molecular flexibility index (Phi) is 8.36. The Morgan fingerprint density at radius 3 is 2.59 bits per heavy atom. The van der Waals surface area contributed by atoms with Crippen molar-refractivity contribution in [2.24, 2.45) is 0 Å². The van der Waals surface area contributed by atoms with Crippen molar-refractivity contribution in [3.8, 4) is 0 Å². The number of halogens is 4. The molecule has 0 unspecified atom stereocenters. The van der Waals surface area contributed by atoms with Gasteiger partial charge in [0.05, 0.1) is 18.5 Å². The van der Waals surface area contributed by atoms with Gasteiger partial charge in [-0.1, -0.05) is 6.07 Å². The van der Waals surface area contributed by atoms with Crippen molar-refractivity contribution in [2.45, 2.75) is 25.8 Å². The minimum absolute atomic E-state index is 0.0687. The fraction of sp³-hybridized carbons (Fsp3) is 0.316. The summed E-state index contributed by atoms with van der Waals surface area (Å²) in [6, 6.07) is 6.94. The van der Waals surface area contributed by atoms with E-state index in [-0.39, 0.29) is 23.9 Å². The van der Waals surface area contributed by atoms with Crippen LogP contribution >= 0.6 is 22.6 Å². The van der Waals surface area contributed by atoms with Crippen LogP contribution in [-0.4, -0.2) is 19.6 Å². The van der Waals surface area contributed by atoms with Gasteiger partial charge in [-0.2, -0.15) is 0 Å². The Hall–Kier alpha value is -1.81. The minimum Gasteiger partial charge on any atom is -0.469 e. The molecule has 2 aromatic carbocycles. The second-order valence-electron chi connectivity index (χ2n) is 5.85. The van der Waals surface area contributed by atoms with Gasteiger partial charge >= 0.3 is 5.97 Å². The highest BCUT2D eigenvalue weighted by Crippen LogP contribution is 2.28. The molecule has 0 aliphatic rings. The van der Waals surface area contributed by atoms with E-state index in [1.54, 1.807) is 6.07 Å². The van der Waals surface area contributed by atoms with Crippen LogP contribution in [0.2, 0.25) is 0 Å². The highest BCUT2D eigenvalue weighted by Gasteiger charge is 2.15. The fourth-order valence-electron chi connectivity index (χ4n) is 2.44. The topological polar surface area (TPSA) is 50.4 Å². The number of hydrogen-bond donors (Lipinski definition) is 2. The molecule has 4 nitrogen and oxygen atoms in total. The normalized spacial score (nSPS) is 10.7. The Bertz CT molecular complexity index is 803. The highest BCUT2D eigenvalue weighted by molar-refractivity contribution is 14.1. The molecule has 0 saturated carbocycles. The van der Waals surface area contributed by atoms with Gasteiger partial charge in [-0.3, -0.25) is 4.79 Å². The Morgan fingerprint density at radius 1 is 1.11 bits per heavy atom. The zero-order chi connectivity index (χ0) is 19.8. The first-order valence-electron chi connectivity index (χ1n) is 8.39. The van der Waals surface area contributed by atoms with Crippen molar-refractivity contribution in [1.29, 1.82) is 0 Å². The molecule has 0 saturated heterocycles. The Morgan fingerprint density at radius 2 is 1.89 bits per heavy atom. The van der Waals surface area contributed by atoms with Gasteiger partial charge in [0.15, 0.2) is 11.6 Å². The summed E-state index contributed by atoms with van der Waals surface area (Å²) in [5, 5.41) is 5.77. The summed E-state index contributed by atoms with van der Waals surface area (Å²) in [5.74, 6) is -2.88. The van der Waals surface area contributed by atoms with Crippen LogP contribution in [0.25, 0.3) is 0 Å². The maximum atomic E-state index is 14.3. The van der Waals surface area contributed by atoms with Gasteiger partial charge in [0.2, 0.25) is 0 Å². The van der Waals surface area contributed by atoms with Crippen molar-refractivity contribution < 1.29 is 22.7 Å². The van der Waals surface area contributed by atoms with Gasteiger partial charge in [-0.15, -0.1) is 0 Å². The smallest absolute Gasteiger partial charge is 0.305 e. The molecular weight excluding hydrogens is 472 g/mol. The van der Waals surface area contributed by atoms with E-state index in [2.05, 4.69) is 15.4 Å². The summed E-state index contributed by atoms with van der Waals surface area (Å²) >= 11 is 1.97. The number of carbonyl (C=O) groups is 1. The second-order valence-corrected chi connectivity index (χ2v) is 7.10. The predicted octanol–water partition coefficient (Wildman–Crippen LogP) is 4.89. The largest absolute Gasteiger partial charge is 0.469 e. The summed E-state index contributed by atoms with van der Waals surface area (Å²) in [4.78, 5) is 11.0. The molecule has 0 heterocycles. The van der Waals surface area contributed by atoms with Gasteiger partial charge in [-0.05, 0) is 71.8 Å². The first kappa shape index (κ1) is 21.5. The molecule has 8 heteroatoms. The van der Waals surface area contributed by atoms with Crippen molar-refractivity contribution in [3.63, 3.8) is 0 Å². The summed E-state index contributed by atoms with van der Waals surface area (Å²) in [6.45, 7) is 0.858. The molecule has 27 heavy (non-hydrogen) atoms. The van der Waals surface area contributed by atoms with E-state index in [9.17, 15) is 18.0 Å². The van der Waals surface area contributed by atoms with Crippen LogP contribution in [0.3, 0.4) is 0 Å². The van der Waals surface area contributed by atoms with E-state index in [4.69, 9.17) is 0 Å². The number of hydrogen-bond acceptors (Lipinski definition) is 4. The quantitative estimate of drug-likeness (QED) is 0.298. The second kappa shape index (κ2) is 10.5. The lowest BCUT2D eigenvalue weighted by molar-refractivity contribution is -0.140. The average Bonchev–Trinajstić information content (AvgIpc) is 2.64. The van der Waals surface area contributed by atoms with Gasteiger partial charge in [0, 0.05) is 16.5 Å². The molecule has 0 radical (unpaired) electrons. The highest BCUT2D eigenvalue weighted by atomic mass is 127. The van der Waals surface area contributed by atoms with Crippen molar-refractivity contribution in [3.05, 3.63) is 56.9 Å². The molecule has 2 rings (SSSR count). The minimum atomic E-state index is -1.06. The fourth-order valence-corrected chi connectivity index (χ4v) is 2.90. The zero-order valence-corrected chi connectivity index (χ0v) is 16.9. The molecule has 0 aliphatic heterocycles. The standard InChI is InChI=1S/C19H20F3IN2O2/c1-27-17(26)4-2-3-9-24-11-12-5-7-14(20)18(22)19(12)25-16-8-6-13(23)10-15(16)21/h5-8,10,24-25H,2-4,9,11H2,1H3. The van der Waals surface area contributed by atoms with Gasteiger partial charge in [0.1, 0.15) is 5.82 Å². The third-order valence-electron chi connectivity index (χ3n) is 3.90. The molecule has 2 aromatic rings. The van der Waals surface area contributed by atoms with Gasteiger partial charge in [0.25, 0.3) is 0 Å². The number of unbranched alkanes of at least 4 members (excludes halogenated alkanes) is 1. The molecule has 0 fully saturated rings.